The molecule has 3 aromatic rings. The molecule has 4 rings (SSSR count). The summed E-state index contributed by atoms with van der Waals surface area (Å²) in [4.78, 5) is 18.4. The number of nitrogens with two attached hydrogens (primary N) is 1. The number of sulfonamides is 1. The van der Waals surface area contributed by atoms with Crippen LogP contribution in [-0.2, 0) is 37.7 Å². The van der Waals surface area contributed by atoms with E-state index in [0.717, 1.165) is 12.1 Å². The first kappa shape index (κ1) is 27.8. The van der Waals surface area contributed by atoms with Crippen LogP contribution in [0.5, 0.6) is 0 Å². The lowest BCUT2D eigenvalue weighted by molar-refractivity contribution is 0.0884. The van der Waals surface area contributed by atoms with Crippen LogP contribution in [0.3, 0.4) is 0 Å². The molecule has 13 nitrogen and oxygen atoms in total. The summed E-state index contributed by atoms with van der Waals surface area (Å²) in [6, 6.07) is 4.06. The second kappa shape index (κ2) is 10.9. The van der Waals surface area contributed by atoms with Gasteiger partial charge in [-0.1, -0.05) is 11.6 Å². The zero-order chi connectivity index (χ0) is 27.7. The molecule has 2 aromatic heterocycles. The molecule has 0 atom stereocenters. The Kier molecular flexibility index (Phi) is 7.96. The van der Waals surface area contributed by atoms with Gasteiger partial charge in [-0.05, 0) is 49.2 Å². The maximum atomic E-state index is 14.5. The van der Waals surface area contributed by atoms with Crippen LogP contribution >= 0.6 is 11.6 Å². The summed E-state index contributed by atoms with van der Waals surface area (Å²) in [5, 5.41) is 16.2. The fraction of sp³-hybridized carbons (Fsp3) is 0.381. The summed E-state index contributed by atoms with van der Waals surface area (Å²) in [6.07, 6.45) is 0.826. The van der Waals surface area contributed by atoms with Gasteiger partial charge >= 0.3 is 6.09 Å². The zero-order valence-electron chi connectivity index (χ0n) is 20.0. The van der Waals surface area contributed by atoms with Crippen molar-refractivity contribution in [3.63, 3.8) is 0 Å². The molecule has 0 aliphatic carbocycles. The summed E-state index contributed by atoms with van der Waals surface area (Å²) in [6.45, 7) is 1.85. The molecule has 38 heavy (non-hydrogen) atoms. The van der Waals surface area contributed by atoms with Gasteiger partial charge in [-0.2, -0.15) is 4.80 Å². The van der Waals surface area contributed by atoms with Crippen molar-refractivity contribution in [1.29, 1.82) is 0 Å². The molecule has 0 bridgehead atoms. The number of hydrogen-bond acceptors (Lipinski definition) is 10. The Bertz CT molecular complexity index is 1570. The summed E-state index contributed by atoms with van der Waals surface area (Å²) >= 11 is 6.06. The molecule has 1 aromatic carbocycles. The highest BCUT2D eigenvalue weighted by Crippen LogP contribution is 2.28. The molecule has 204 valence electrons. The van der Waals surface area contributed by atoms with Crippen LogP contribution in [0.4, 0.5) is 9.18 Å². The largest absolute Gasteiger partial charge is 0.443 e. The number of nitrogens with zero attached hydrogens (tertiary/aromatic N) is 6. The predicted octanol–water partition coefficient (Wildman–Crippen LogP) is 1.44. The van der Waals surface area contributed by atoms with Crippen molar-refractivity contribution in [2.75, 3.05) is 13.1 Å². The highest BCUT2D eigenvalue weighted by atomic mass is 35.5. The Morgan fingerprint density at radius 3 is 2.53 bits per heavy atom. The number of piperidine rings is 1. The monoisotopic (exact) mass is 587 g/mol. The first-order valence-electron chi connectivity index (χ1n) is 11.2. The second-order valence-corrected chi connectivity index (χ2v) is 12.7. The van der Waals surface area contributed by atoms with Crippen molar-refractivity contribution >= 4 is 37.6 Å². The van der Waals surface area contributed by atoms with Gasteiger partial charge in [0.2, 0.25) is 10.0 Å². The molecule has 2 N–H and O–H groups in total. The van der Waals surface area contributed by atoms with Gasteiger partial charge in [0, 0.05) is 24.8 Å². The molecule has 0 saturated carbocycles. The standard InChI is InChI=1S/C21H23ClFN7O6S2/c1-13-26-28-30(27-13)11-14-8-15(22)10-25-19(14)12-36-21(31)29-6-4-16(5-7-29)37(32,33)20-3-2-17(9-18(20)23)38(24,34)35/h2-3,8-10,16H,4-7,11-12H2,1H3,(H2,24,34,35). The summed E-state index contributed by atoms with van der Waals surface area (Å²) in [7, 11) is -8.32. The quantitative estimate of drug-likeness (QED) is 0.425. The van der Waals surface area contributed by atoms with Crippen molar-refractivity contribution in [3.05, 3.63) is 58.4 Å². The highest BCUT2D eigenvalue weighted by molar-refractivity contribution is 7.92. The van der Waals surface area contributed by atoms with Crippen LogP contribution in [0.2, 0.25) is 5.02 Å². The van der Waals surface area contributed by atoms with E-state index in [2.05, 4.69) is 20.4 Å². The number of sulfone groups is 1. The second-order valence-electron chi connectivity index (χ2n) is 8.55. The number of likely N-dealkylation sites (tertiary alicyclic amines) is 1. The van der Waals surface area contributed by atoms with Gasteiger partial charge < -0.3 is 9.64 Å². The number of ether oxygens (including phenoxy) is 1. The first-order valence-corrected chi connectivity index (χ1v) is 14.7. The van der Waals surface area contributed by atoms with Crippen LogP contribution in [0, 0.1) is 12.7 Å². The third-order valence-corrected chi connectivity index (χ3v) is 9.31. The van der Waals surface area contributed by atoms with Gasteiger partial charge in [0.25, 0.3) is 0 Å². The minimum absolute atomic E-state index is 0.0373. The number of carbonyl (C=O) groups is 1. The van der Waals surface area contributed by atoms with E-state index < -0.39 is 46.8 Å². The fourth-order valence-electron chi connectivity index (χ4n) is 3.96. The van der Waals surface area contributed by atoms with E-state index in [-0.39, 0.29) is 39.1 Å². The fourth-order valence-corrected chi connectivity index (χ4v) is 6.44. The smallest absolute Gasteiger partial charge is 0.410 e. The van der Waals surface area contributed by atoms with Crippen molar-refractivity contribution in [2.45, 2.75) is 48.0 Å². The molecule has 1 aliphatic rings. The molecule has 0 spiro atoms. The average Bonchev–Trinajstić information content (AvgIpc) is 3.27. The van der Waals surface area contributed by atoms with E-state index in [1.54, 1.807) is 13.0 Å². The third-order valence-electron chi connectivity index (χ3n) is 5.90. The Morgan fingerprint density at radius 1 is 1.21 bits per heavy atom. The van der Waals surface area contributed by atoms with Crippen LogP contribution < -0.4 is 5.14 Å². The minimum Gasteiger partial charge on any atom is -0.443 e. The predicted molar refractivity (Wildman–Crippen MR) is 131 cm³/mol. The third kappa shape index (κ3) is 6.25. The van der Waals surface area contributed by atoms with Gasteiger partial charge in [0.1, 0.15) is 17.3 Å². The molecular weight excluding hydrogens is 565 g/mol. The number of carbonyl (C=O) groups excluding carboxylic acids is 1. The number of primary sulfonamides is 1. The summed E-state index contributed by atoms with van der Waals surface area (Å²) < 4.78 is 68.6. The number of tetrazole rings is 1. The summed E-state index contributed by atoms with van der Waals surface area (Å²) in [5.74, 6) is -0.720. The van der Waals surface area contributed by atoms with Crippen molar-refractivity contribution in [2.24, 2.45) is 5.14 Å². The molecule has 1 amide bonds. The minimum atomic E-state index is -4.19. The van der Waals surface area contributed by atoms with Gasteiger partial charge in [-0.3, -0.25) is 4.98 Å². The number of pyridine rings is 1. The Labute approximate surface area is 222 Å². The van der Waals surface area contributed by atoms with E-state index in [9.17, 15) is 26.0 Å². The van der Waals surface area contributed by atoms with Gasteiger partial charge in [0.05, 0.1) is 27.4 Å². The zero-order valence-corrected chi connectivity index (χ0v) is 22.4. The van der Waals surface area contributed by atoms with E-state index in [1.807, 2.05) is 0 Å². The molecule has 3 heterocycles. The number of amides is 1. The molecule has 0 unspecified atom stereocenters. The number of hydrogen-bond donors (Lipinski definition) is 1. The van der Waals surface area contributed by atoms with E-state index in [1.165, 1.54) is 15.9 Å². The lowest BCUT2D eigenvalue weighted by Gasteiger charge is -2.31. The maximum Gasteiger partial charge on any atom is 0.410 e. The molecule has 17 heteroatoms. The molecule has 0 radical (unpaired) electrons. The van der Waals surface area contributed by atoms with E-state index in [4.69, 9.17) is 21.5 Å². The van der Waals surface area contributed by atoms with Gasteiger partial charge in [-0.15, -0.1) is 10.2 Å². The SMILES string of the molecule is Cc1nnn(Cc2cc(Cl)cnc2COC(=O)N2CCC(S(=O)(=O)c3ccc(S(N)(=O)=O)cc3F)CC2)n1. The number of halogens is 2. The lowest BCUT2D eigenvalue weighted by atomic mass is 10.1. The first-order chi connectivity index (χ1) is 17.8. The lowest BCUT2D eigenvalue weighted by Crippen LogP contribution is -2.42. The topological polar surface area (TPSA) is 180 Å². The van der Waals surface area contributed by atoms with Crippen LogP contribution in [0.15, 0.2) is 40.3 Å². The number of benzene rings is 1. The van der Waals surface area contributed by atoms with E-state index in [0.29, 0.717) is 28.2 Å². The maximum absolute atomic E-state index is 14.5. The summed E-state index contributed by atoms with van der Waals surface area (Å²) in [5.41, 5.74) is 1.07. The number of aryl methyl sites for hydroxylation is 1. The highest BCUT2D eigenvalue weighted by Gasteiger charge is 2.35. The van der Waals surface area contributed by atoms with Crippen LogP contribution in [-0.4, -0.2) is 71.4 Å². The van der Waals surface area contributed by atoms with Crippen molar-refractivity contribution in [3.8, 4) is 0 Å². The molecule has 1 fully saturated rings. The normalized spacial score (nSPS) is 15.0. The Morgan fingerprint density at radius 2 is 1.92 bits per heavy atom. The Hall–Kier alpha value is -3.21. The van der Waals surface area contributed by atoms with Crippen LogP contribution in [0.1, 0.15) is 29.9 Å². The molecule has 1 saturated heterocycles. The van der Waals surface area contributed by atoms with Crippen LogP contribution in [0.25, 0.3) is 0 Å². The number of rotatable bonds is 7. The average molecular weight is 588 g/mol. The molecule has 1 aliphatic heterocycles. The number of aromatic nitrogens is 5. The van der Waals surface area contributed by atoms with E-state index >= 15 is 0 Å². The van der Waals surface area contributed by atoms with Crippen molar-refractivity contribution < 1.29 is 30.8 Å². The van der Waals surface area contributed by atoms with Crippen molar-refractivity contribution in [1.82, 2.24) is 30.1 Å². The Balaban J connectivity index is 1.37. The molecular formula is C21H23ClFN7O6S2. The van der Waals surface area contributed by atoms with Gasteiger partial charge in [-0.25, -0.2) is 31.2 Å². The van der Waals surface area contributed by atoms with Gasteiger partial charge in [0.15, 0.2) is 15.7 Å².